The topological polar surface area (TPSA) is 101 Å². The quantitative estimate of drug-likeness (QED) is 0.501. The summed E-state index contributed by atoms with van der Waals surface area (Å²) in [7, 11) is 0. The van der Waals surface area contributed by atoms with Gasteiger partial charge in [-0.3, -0.25) is 9.59 Å². The van der Waals surface area contributed by atoms with Crippen molar-refractivity contribution >= 4 is 34.7 Å². The van der Waals surface area contributed by atoms with Crippen LogP contribution in [-0.2, 0) is 9.53 Å². The Bertz CT molecular complexity index is 1010. The van der Waals surface area contributed by atoms with E-state index in [0.717, 1.165) is 16.3 Å². The second-order valence-electron chi connectivity index (χ2n) is 5.82. The number of benzene rings is 1. The molecule has 138 valence electrons. The van der Waals surface area contributed by atoms with Gasteiger partial charge in [-0.1, -0.05) is 12.1 Å². The molecular formula is C19H17N3O4S. The zero-order valence-corrected chi connectivity index (χ0v) is 15.6. The lowest BCUT2D eigenvalue weighted by Crippen LogP contribution is -2.21. The van der Waals surface area contributed by atoms with Crippen LogP contribution in [0.4, 0.5) is 5.69 Å². The third-order valence-corrected chi connectivity index (χ3v) is 4.48. The summed E-state index contributed by atoms with van der Waals surface area (Å²) in [5, 5.41) is 5.59. The van der Waals surface area contributed by atoms with Crippen LogP contribution < -0.4 is 5.32 Å². The summed E-state index contributed by atoms with van der Waals surface area (Å²) in [4.78, 5) is 42.3. The number of nitrogens with one attached hydrogen (secondary N) is 2. The number of esters is 1. The van der Waals surface area contributed by atoms with Crippen molar-refractivity contribution in [3.8, 4) is 11.3 Å². The summed E-state index contributed by atoms with van der Waals surface area (Å²) in [6.07, 6.45) is 1.42. The van der Waals surface area contributed by atoms with Crippen molar-refractivity contribution in [3.63, 3.8) is 0 Å². The normalized spacial score (nSPS) is 10.4. The number of hydrogen-bond donors (Lipinski definition) is 2. The molecule has 0 aliphatic rings. The van der Waals surface area contributed by atoms with Crippen LogP contribution in [0.5, 0.6) is 0 Å². The monoisotopic (exact) mass is 383 g/mol. The second-order valence-corrected chi connectivity index (χ2v) is 6.88. The van der Waals surface area contributed by atoms with Crippen LogP contribution in [0.25, 0.3) is 11.3 Å². The molecule has 3 rings (SSSR count). The molecule has 0 fully saturated rings. The van der Waals surface area contributed by atoms with Gasteiger partial charge in [-0.25, -0.2) is 9.78 Å². The van der Waals surface area contributed by atoms with E-state index in [0.29, 0.717) is 11.3 Å². The van der Waals surface area contributed by atoms with Gasteiger partial charge in [0, 0.05) is 28.4 Å². The van der Waals surface area contributed by atoms with Gasteiger partial charge in [0.2, 0.25) is 0 Å². The third kappa shape index (κ3) is 4.68. The Balaban J connectivity index is 1.57. The Morgan fingerprint density at radius 2 is 2.07 bits per heavy atom. The number of rotatable bonds is 6. The zero-order valence-electron chi connectivity index (χ0n) is 14.7. The standard InChI is InChI=1S/C19H17N3O4S/c1-11(23)14-7-16(20-8-14)19(25)26-9-18(24)22-15-5-3-4-13(6-15)17-10-27-12(2)21-17/h3-8,10,20H,9H2,1-2H3,(H,22,24). The first-order valence-electron chi connectivity index (χ1n) is 8.11. The predicted molar refractivity (Wildman–Crippen MR) is 102 cm³/mol. The van der Waals surface area contributed by atoms with Gasteiger partial charge < -0.3 is 15.0 Å². The Kier molecular flexibility index (Phi) is 5.46. The first-order valence-corrected chi connectivity index (χ1v) is 8.99. The second kappa shape index (κ2) is 7.96. The predicted octanol–water partition coefficient (Wildman–Crippen LogP) is 3.44. The molecular weight excluding hydrogens is 366 g/mol. The smallest absolute Gasteiger partial charge is 0.355 e. The number of H-pyrrole nitrogens is 1. The molecule has 0 atom stereocenters. The molecule has 0 bridgehead atoms. The van der Waals surface area contributed by atoms with Crippen molar-refractivity contribution < 1.29 is 19.1 Å². The van der Waals surface area contributed by atoms with E-state index in [1.54, 1.807) is 23.5 Å². The number of aromatic nitrogens is 2. The van der Waals surface area contributed by atoms with Gasteiger partial charge in [0.05, 0.1) is 10.7 Å². The van der Waals surface area contributed by atoms with Crippen LogP contribution in [0.15, 0.2) is 41.9 Å². The largest absolute Gasteiger partial charge is 0.451 e. The maximum Gasteiger partial charge on any atom is 0.355 e. The first kappa shape index (κ1) is 18.5. The van der Waals surface area contributed by atoms with Crippen LogP contribution in [-0.4, -0.2) is 34.2 Å². The van der Waals surface area contributed by atoms with E-state index in [2.05, 4.69) is 15.3 Å². The van der Waals surface area contributed by atoms with Crippen LogP contribution in [0, 0.1) is 6.92 Å². The number of carbonyl (C=O) groups is 3. The van der Waals surface area contributed by atoms with Crippen molar-refractivity contribution in [2.45, 2.75) is 13.8 Å². The molecule has 2 aromatic heterocycles. The Hall–Kier alpha value is -3.26. The highest BCUT2D eigenvalue weighted by molar-refractivity contribution is 7.09. The number of nitrogens with zero attached hydrogens (tertiary/aromatic N) is 1. The lowest BCUT2D eigenvalue weighted by atomic mass is 10.1. The molecule has 0 aliphatic carbocycles. The van der Waals surface area contributed by atoms with Crippen LogP contribution >= 0.6 is 11.3 Å². The van der Waals surface area contributed by atoms with Crippen LogP contribution in [0.2, 0.25) is 0 Å². The van der Waals surface area contributed by atoms with E-state index in [-0.39, 0.29) is 11.5 Å². The summed E-state index contributed by atoms with van der Waals surface area (Å²) >= 11 is 1.55. The SMILES string of the molecule is CC(=O)c1c[nH]c(C(=O)OCC(=O)Nc2cccc(-c3csc(C)n3)c2)c1. The fourth-order valence-electron chi connectivity index (χ4n) is 2.37. The number of Topliss-reactive ketones (excluding diaryl/α,β-unsaturated/α-hetero) is 1. The number of thiazole rings is 1. The minimum absolute atomic E-state index is 0.119. The highest BCUT2D eigenvalue weighted by Crippen LogP contribution is 2.24. The molecule has 7 nitrogen and oxygen atoms in total. The van der Waals surface area contributed by atoms with E-state index in [9.17, 15) is 14.4 Å². The van der Waals surface area contributed by atoms with Gasteiger partial charge in [0.25, 0.3) is 5.91 Å². The van der Waals surface area contributed by atoms with Crippen molar-refractivity contribution in [1.29, 1.82) is 0 Å². The highest BCUT2D eigenvalue weighted by atomic mass is 32.1. The van der Waals surface area contributed by atoms with Crippen molar-refractivity contribution in [2.24, 2.45) is 0 Å². The summed E-state index contributed by atoms with van der Waals surface area (Å²) in [6.45, 7) is 2.89. The maximum atomic E-state index is 12.0. The van der Waals surface area contributed by atoms with E-state index in [4.69, 9.17) is 4.74 Å². The molecule has 27 heavy (non-hydrogen) atoms. The van der Waals surface area contributed by atoms with E-state index in [1.165, 1.54) is 19.2 Å². The Morgan fingerprint density at radius 3 is 2.74 bits per heavy atom. The van der Waals surface area contributed by atoms with Crippen molar-refractivity contribution in [2.75, 3.05) is 11.9 Å². The number of aryl methyl sites for hydroxylation is 1. The van der Waals surface area contributed by atoms with Gasteiger partial charge in [-0.2, -0.15) is 0 Å². The molecule has 8 heteroatoms. The minimum atomic E-state index is -0.704. The molecule has 0 saturated heterocycles. The van der Waals surface area contributed by atoms with E-state index in [1.807, 2.05) is 24.4 Å². The molecule has 0 aliphatic heterocycles. The Morgan fingerprint density at radius 1 is 1.26 bits per heavy atom. The molecule has 0 saturated carbocycles. The minimum Gasteiger partial charge on any atom is -0.451 e. The molecule has 0 spiro atoms. The first-order chi connectivity index (χ1) is 12.9. The molecule has 2 heterocycles. The number of aromatic amines is 1. The summed E-state index contributed by atoms with van der Waals surface area (Å²) < 4.78 is 4.97. The molecule has 0 radical (unpaired) electrons. The number of anilines is 1. The van der Waals surface area contributed by atoms with Gasteiger partial charge in [-0.05, 0) is 32.0 Å². The average Bonchev–Trinajstić information content (AvgIpc) is 3.29. The van der Waals surface area contributed by atoms with Gasteiger partial charge in [0.15, 0.2) is 12.4 Å². The molecule has 1 aromatic carbocycles. The van der Waals surface area contributed by atoms with Crippen molar-refractivity contribution in [3.05, 3.63) is 58.2 Å². The number of ether oxygens (including phenoxy) is 1. The summed E-state index contributed by atoms with van der Waals surface area (Å²) in [6, 6.07) is 8.66. The average molecular weight is 383 g/mol. The third-order valence-electron chi connectivity index (χ3n) is 3.70. The fourth-order valence-corrected chi connectivity index (χ4v) is 3.00. The Labute approximate surface area is 159 Å². The summed E-state index contributed by atoms with van der Waals surface area (Å²) in [5.74, 6) is -1.34. The number of hydrogen-bond acceptors (Lipinski definition) is 6. The maximum absolute atomic E-state index is 12.0. The van der Waals surface area contributed by atoms with Crippen LogP contribution in [0.3, 0.4) is 0 Å². The molecule has 0 unspecified atom stereocenters. The van der Waals surface area contributed by atoms with Gasteiger partial charge in [-0.15, -0.1) is 11.3 Å². The van der Waals surface area contributed by atoms with Crippen molar-refractivity contribution in [1.82, 2.24) is 9.97 Å². The van der Waals surface area contributed by atoms with E-state index < -0.39 is 18.5 Å². The fraction of sp³-hybridized carbons (Fsp3) is 0.158. The zero-order chi connectivity index (χ0) is 19.4. The molecule has 1 amide bonds. The van der Waals surface area contributed by atoms with Gasteiger partial charge in [0.1, 0.15) is 5.69 Å². The molecule has 3 aromatic rings. The number of ketones is 1. The lowest BCUT2D eigenvalue weighted by molar-refractivity contribution is -0.119. The van der Waals surface area contributed by atoms with Gasteiger partial charge >= 0.3 is 5.97 Å². The molecule has 2 N–H and O–H groups in total. The highest BCUT2D eigenvalue weighted by Gasteiger charge is 2.14. The number of amides is 1. The number of carbonyl (C=O) groups excluding carboxylic acids is 3. The van der Waals surface area contributed by atoms with E-state index >= 15 is 0 Å². The summed E-state index contributed by atoms with van der Waals surface area (Å²) in [5.41, 5.74) is 2.80. The van der Waals surface area contributed by atoms with Crippen LogP contribution in [0.1, 0.15) is 32.8 Å². The lowest BCUT2D eigenvalue weighted by Gasteiger charge is -2.07.